The summed E-state index contributed by atoms with van der Waals surface area (Å²) >= 11 is 0. The van der Waals surface area contributed by atoms with Gasteiger partial charge in [-0.1, -0.05) is 37.3 Å². The van der Waals surface area contributed by atoms with Gasteiger partial charge in [-0.15, -0.1) is 15.3 Å². The lowest BCUT2D eigenvalue weighted by atomic mass is 9.94. The molecule has 0 spiro atoms. The lowest BCUT2D eigenvalue weighted by Gasteiger charge is -2.32. The molecule has 0 unspecified atom stereocenters. The van der Waals surface area contributed by atoms with Crippen LogP contribution >= 0.6 is 0 Å². The SMILES string of the molecule is CC[C@@H](CNC(=O)C1CCN(c2ccc3nncn3n2)CC1)c1ccccc1. The maximum absolute atomic E-state index is 12.7. The number of nitrogens with zero attached hydrogens (tertiary/aromatic N) is 5. The van der Waals surface area contributed by atoms with Crippen LogP contribution in [0.15, 0.2) is 48.8 Å². The summed E-state index contributed by atoms with van der Waals surface area (Å²) in [4.78, 5) is 14.9. The van der Waals surface area contributed by atoms with E-state index in [2.05, 4.69) is 56.7 Å². The molecule has 0 aliphatic carbocycles. The second-order valence-corrected chi connectivity index (χ2v) is 7.35. The van der Waals surface area contributed by atoms with Crippen molar-refractivity contribution in [2.45, 2.75) is 32.1 Å². The Kier molecular flexibility index (Phi) is 5.50. The minimum absolute atomic E-state index is 0.0724. The normalized spacial score (nSPS) is 16.2. The Morgan fingerprint density at radius 3 is 2.71 bits per heavy atom. The number of anilines is 1. The van der Waals surface area contributed by atoms with Gasteiger partial charge in [0.2, 0.25) is 5.91 Å². The van der Waals surface area contributed by atoms with Crippen molar-refractivity contribution >= 4 is 17.4 Å². The first-order valence-corrected chi connectivity index (χ1v) is 9.99. The molecule has 28 heavy (non-hydrogen) atoms. The summed E-state index contributed by atoms with van der Waals surface area (Å²) in [7, 11) is 0. The van der Waals surface area contributed by atoms with Crippen molar-refractivity contribution in [2.75, 3.05) is 24.5 Å². The van der Waals surface area contributed by atoms with E-state index in [4.69, 9.17) is 0 Å². The van der Waals surface area contributed by atoms with Crippen LogP contribution in [0.25, 0.3) is 5.65 Å². The van der Waals surface area contributed by atoms with Gasteiger partial charge in [-0.2, -0.15) is 4.52 Å². The Morgan fingerprint density at radius 1 is 1.18 bits per heavy atom. The van der Waals surface area contributed by atoms with Gasteiger partial charge in [0.15, 0.2) is 5.65 Å². The van der Waals surface area contributed by atoms with Crippen LogP contribution in [0, 0.1) is 5.92 Å². The summed E-state index contributed by atoms with van der Waals surface area (Å²) in [6.45, 7) is 4.52. The number of carbonyl (C=O) groups is 1. The van der Waals surface area contributed by atoms with Crippen LogP contribution in [-0.4, -0.2) is 45.4 Å². The number of rotatable bonds is 6. The summed E-state index contributed by atoms with van der Waals surface area (Å²) in [5, 5.41) is 15.6. The maximum atomic E-state index is 12.7. The average molecular weight is 378 g/mol. The van der Waals surface area contributed by atoms with Crippen LogP contribution in [0.1, 0.15) is 37.7 Å². The molecule has 1 aliphatic heterocycles. The van der Waals surface area contributed by atoms with Gasteiger partial charge in [-0.05, 0) is 37.0 Å². The number of benzene rings is 1. The highest BCUT2D eigenvalue weighted by Gasteiger charge is 2.26. The highest BCUT2D eigenvalue weighted by atomic mass is 16.1. The van der Waals surface area contributed by atoms with Crippen LogP contribution in [0.4, 0.5) is 5.82 Å². The molecule has 4 rings (SSSR count). The van der Waals surface area contributed by atoms with E-state index in [1.54, 1.807) is 10.8 Å². The number of amides is 1. The molecule has 1 N–H and O–H groups in total. The molecule has 1 atom stereocenters. The van der Waals surface area contributed by atoms with Gasteiger partial charge in [0.05, 0.1) is 0 Å². The molecule has 0 saturated carbocycles. The van der Waals surface area contributed by atoms with Crippen molar-refractivity contribution in [3.63, 3.8) is 0 Å². The van der Waals surface area contributed by atoms with Crippen molar-refractivity contribution < 1.29 is 4.79 Å². The van der Waals surface area contributed by atoms with Gasteiger partial charge in [-0.25, -0.2) is 0 Å². The molecule has 1 saturated heterocycles. The number of hydrogen-bond donors (Lipinski definition) is 1. The molecular weight excluding hydrogens is 352 g/mol. The zero-order valence-corrected chi connectivity index (χ0v) is 16.2. The molecule has 1 aliphatic rings. The average Bonchev–Trinajstić information content (AvgIpc) is 3.23. The fourth-order valence-electron chi connectivity index (χ4n) is 3.85. The molecule has 7 heteroatoms. The quantitative estimate of drug-likeness (QED) is 0.714. The van der Waals surface area contributed by atoms with Crippen molar-refractivity contribution in [1.82, 2.24) is 25.1 Å². The Labute approximate surface area is 164 Å². The second kappa shape index (κ2) is 8.37. The molecule has 3 aromatic rings. The van der Waals surface area contributed by atoms with Gasteiger partial charge < -0.3 is 10.2 Å². The number of fused-ring (bicyclic) bond motifs is 1. The molecule has 0 bridgehead atoms. The van der Waals surface area contributed by atoms with Gasteiger partial charge in [0.1, 0.15) is 12.1 Å². The lowest BCUT2D eigenvalue weighted by Crippen LogP contribution is -2.41. The van der Waals surface area contributed by atoms with Gasteiger partial charge in [-0.3, -0.25) is 4.79 Å². The largest absolute Gasteiger partial charge is 0.355 e. The number of carbonyl (C=O) groups excluding carboxylic acids is 1. The Bertz CT molecular complexity index is 917. The molecule has 146 valence electrons. The molecule has 2 aromatic heterocycles. The lowest BCUT2D eigenvalue weighted by molar-refractivity contribution is -0.125. The predicted octanol–water partition coefficient (Wildman–Crippen LogP) is 2.65. The Hall–Kier alpha value is -2.96. The van der Waals surface area contributed by atoms with E-state index in [0.717, 1.165) is 43.8 Å². The van der Waals surface area contributed by atoms with E-state index in [1.807, 2.05) is 18.2 Å². The van der Waals surface area contributed by atoms with Crippen molar-refractivity contribution in [3.05, 3.63) is 54.4 Å². The Balaban J connectivity index is 1.30. The van der Waals surface area contributed by atoms with E-state index < -0.39 is 0 Å². The molecule has 1 aromatic carbocycles. The molecule has 7 nitrogen and oxygen atoms in total. The highest BCUT2D eigenvalue weighted by molar-refractivity contribution is 5.79. The topological polar surface area (TPSA) is 75.4 Å². The third kappa shape index (κ3) is 3.98. The van der Waals surface area contributed by atoms with Crippen LogP contribution < -0.4 is 10.2 Å². The molecular formula is C21H26N6O. The van der Waals surface area contributed by atoms with E-state index >= 15 is 0 Å². The fourth-order valence-corrected chi connectivity index (χ4v) is 3.85. The van der Waals surface area contributed by atoms with Crippen LogP contribution in [-0.2, 0) is 4.79 Å². The summed E-state index contributed by atoms with van der Waals surface area (Å²) in [6.07, 6.45) is 4.31. The van der Waals surface area contributed by atoms with Crippen LogP contribution in [0.3, 0.4) is 0 Å². The minimum atomic E-state index is 0.0724. The van der Waals surface area contributed by atoms with E-state index in [9.17, 15) is 4.79 Å². The van der Waals surface area contributed by atoms with Crippen LogP contribution in [0.2, 0.25) is 0 Å². The van der Waals surface area contributed by atoms with Gasteiger partial charge >= 0.3 is 0 Å². The number of nitrogens with one attached hydrogen (secondary N) is 1. The first-order valence-electron chi connectivity index (χ1n) is 9.99. The smallest absolute Gasteiger partial charge is 0.223 e. The van der Waals surface area contributed by atoms with Crippen LogP contribution in [0.5, 0.6) is 0 Å². The zero-order valence-electron chi connectivity index (χ0n) is 16.2. The summed E-state index contributed by atoms with van der Waals surface area (Å²) in [5.74, 6) is 1.52. The van der Waals surface area contributed by atoms with Gasteiger partial charge in [0.25, 0.3) is 0 Å². The zero-order chi connectivity index (χ0) is 19.3. The van der Waals surface area contributed by atoms with E-state index in [0.29, 0.717) is 12.5 Å². The number of aromatic nitrogens is 4. The third-order valence-corrected chi connectivity index (χ3v) is 5.62. The number of hydrogen-bond acceptors (Lipinski definition) is 5. The number of piperidine rings is 1. The summed E-state index contributed by atoms with van der Waals surface area (Å²) in [5.41, 5.74) is 2.03. The Morgan fingerprint density at radius 2 is 1.96 bits per heavy atom. The minimum Gasteiger partial charge on any atom is -0.355 e. The first kappa shape index (κ1) is 18.4. The third-order valence-electron chi connectivity index (χ3n) is 5.62. The summed E-state index contributed by atoms with van der Waals surface area (Å²) in [6, 6.07) is 14.3. The van der Waals surface area contributed by atoms with Crippen molar-refractivity contribution in [1.29, 1.82) is 0 Å². The van der Waals surface area contributed by atoms with Gasteiger partial charge in [0, 0.05) is 31.5 Å². The highest BCUT2D eigenvalue weighted by Crippen LogP contribution is 2.23. The maximum Gasteiger partial charge on any atom is 0.223 e. The van der Waals surface area contributed by atoms with Crippen molar-refractivity contribution in [2.24, 2.45) is 5.92 Å². The molecule has 0 radical (unpaired) electrons. The molecule has 3 heterocycles. The standard InChI is InChI=1S/C21H26N6O/c1-2-16(17-6-4-3-5-7-17)14-22-21(28)18-10-12-26(13-11-18)20-9-8-19-24-23-15-27(19)25-20/h3-9,15-16,18H,2,10-14H2,1H3,(H,22,28)/t16-/m0/s1. The van der Waals surface area contributed by atoms with E-state index in [1.165, 1.54) is 5.56 Å². The second-order valence-electron chi connectivity index (χ2n) is 7.35. The first-order chi connectivity index (χ1) is 13.7. The van der Waals surface area contributed by atoms with Crippen molar-refractivity contribution in [3.8, 4) is 0 Å². The summed E-state index contributed by atoms with van der Waals surface area (Å²) < 4.78 is 1.68. The fraction of sp³-hybridized carbons (Fsp3) is 0.429. The molecule has 1 amide bonds. The molecule has 1 fully saturated rings. The van der Waals surface area contributed by atoms with E-state index in [-0.39, 0.29) is 11.8 Å². The monoisotopic (exact) mass is 378 g/mol. The predicted molar refractivity (Wildman–Crippen MR) is 108 cm³/mol.